The summed E-state index contributed by atoms with van der Waals surface area (Å²) in [4.78, 5) is 16.0. The zero-order valence-corrected chi connectivity index (χ0v) is 12.2. The second-order valence-corrected chi connectivity index (χ2v) is 5.04. The van der Waals surface area contributed by atoms with Crippen molar-refractivity contribution in [2.75, 3.05) is 17.2 Å². The van der Waals surface area contributed by atoms with E-state index in [1.807, 2.05) is 36.6 Å². The minimum Gasteiger partial charge on any atom is -0.494 e. The summed E-state index contributed by atoms with van der Waals surface area (Å²) < 4.78 is 5.37. The number of ether oxygens (including phenoxy) is 1. The molecule has 1 aromatic carbocycles. The number of hydrogen-bond acceptors (Lipinski definition) is 5. The molecule has 5 nitrogen and oxygen atoms in total. The molecule has 2 aromatic rings. The van der Waals surface area contributed by atoms with Crippen LogP contribution in [0.1, 0.15) is 13.8 Å². The summed E-state index contributed by atoms with van der Waals surface area (Å²) in [7, 11) is 0. The molecule has 20 heavy (non-hydrogen) atoms. The number of amides is 1. The van der Waals surface area contributed by atoms with E-state index in [0.29, 0.717) is 11.7 Å². The van der Waals surface area contributed by atoms with Crippen LogP contribution in [-0.2, 0) is 4.79 Å². The van der Waals surface area contributed by atoms with Crippen molar-refractivity contribution in [1.29, 1.82) is 0 Å². The third-order valence-electron chi connectivity index (χ3n) is 2.60. The van der Waals surface area contributed by atoms with Gasteiger partial charge < -0.3 is 15.4 Å². The Kier molecular flexibility index (Phi) is 4.95. The molecule has 0 saturated heterocycles. The molecule has 0 aliphatic heterocycles. The van der Waals surface area contributed by atoms with Crippen molar-refractivity contribution in [3.63, 3.8) is 0 Å². The van der Waals surface area contributed by atoms with Crippen molar-refractivity contribution in [2.24, 2.45) is 0 Å². The number of anilines is 2. The number of carbonyl (C=O) groups excluding carboxylic acids is 1. The monoisotopic (exact) mass is 291 g/mol. The number of hydrogen-bond donors (Lipinski definition) is 2. The smallest absolute Gasteiger partial charge is 0.248 e. The van der Waals surface area contributed by atoms with Crippen LogP contribution >= 0.6 is 11.3 Å². The molecule has 1 amide bonds. The number of aromatic nitrogens is 1. The third-order valence-corrected chi connectivity index (χ3v) is 3.29. The highest BCUT2D eigenvalue weighted by Gasteiger charge is 2.13. The SMILES string of the molecule is CCOc1ccc(N[C@@H](C)C(=O)Nc2nccs2)cc1. The van der Waals surface area contributed by atoms with Gasteiger partial charge in [0.05, 0.1) is 6.61 Å². The zero-order valence-electron chi connectivity index (χ0n) is 11.4. The first-order chi connectivity index (χ1) is 9.69. The van der Waals surface area contributed by atoms with Crippen molar-refractivity contribution in [1.82, 2.24) is 4.98 Å². The van der Waals surface area contributed by atoms with E-state index in [1.54, 1.807) is 13.1 Å². The normalized spacial score (nSPS) is 11.7. The maximum absolute atomic E-state index is 12.0. The number of thiazole rings is 1. The summed E-state index contributed by atoms with van der Waals surface area (Å²) in [6, 6.07) is 7.17. The quantitative estimate of drug-likeness (QED) is 0.859. The zero-order chi connectivity index (χ0) is 14.4. The predicted octanol–water partition coefficient (Wildman–Crippen LogP) is 2.98. The first kappa shape index (κ1) is 14.3. The van der Waals surface area contributed by atoms with Crippen LogP contribution in [-0.4, -0.2) is 23.5 Å². The van der Waals surface area contributed by atoms with Gasteiger partial charge in [0.25, 0.3) is 0 Å². The average molecular weight is 291 g/mol. The van der Waals surface area contributed by atoms with Crippen LogP contribution in [0.5, 0.6) is 5.75 Å². The Balaban J connectivity index is 1.89. The molecule has 0 bridgehead atoms. The van der Waals surface area contributed by atoms with Crippen LogP contribution in [0, 0.1) is 0 Å². The molecule has 1 heterocycles. The Morgan fingerprint density at radius 2 is 2.15 bits per heavy atom. The minimum absolute atomic E-state index is 0.117. The van der Waals surface area contributed by atoms with Crippen molar-refractivity contribution < 1.29 is 9.53 Å². The number of nitrogens with one attached hydrogen (secondary N) is 2. The maximum Gasteiger partial charge on any atom is 0.248 e. The van der Waals surface area contributed by atoms with E-state index in [0.717, 1.165) is 11.4 Å². The number of carbonyl (C=O) groups is 1. The van der Waals surface area contributed by atoms with Crippen LogP contribution in [0.2, 0.25) is 0 Å². The molecule has 0 aliphatic carbocycles. The largest absolute Gasteiger partial charge is 0.494 e. The maximum atomic E-state index is 12.0. The molecule has 1 atom stereocenters. The summed E-state index contributed by atoms with van der Waals surface area (Å²) in [5.41, 5.74) is 0.871. The van der Waals surface area contributed by atoms with Crippen molar-refractivity contribution >= 4 is 28.1 Å². The third kappa shape index (κ3) is 3.96. The van der Waals surface area contributed by atoms with Crippen molar-refractivity contribution in [3.8, 4) is 5.75 Å². The molecule has 0 fully saturated rings. The van der Waals surface area contributed by atoms with E-state index in [1.165, 1.54) is 11.3 Å². The topological polar surface area (TPSA) is 63.2 Å². The Bertz CT molecular complexity index is 540. The van der Waals surface area contributed by atoms with E-state index in [2.05, 4.69) is 15.6 Å². The highest BCUT2D eigenvalue weighted by Crippen LogP contribution is 2.17. The van der Waals surface area contributed by atoms with Gasteiger partial charge in [-0.2, -0.15) is 0 Å². The van der Waals surface area contributed by atoms with Gasteiger partial charge in [-0.25, -0.2) is 4.98 Å². The van der Waals surface area contributed by atoms with Gasteiger partial charge in [-0.3, -0.25) is 4.79 Å². The van der Waals surface area contributed by atoms with E-state index in [9.17, 15) is 4.79 Å². The highest BCUT2D eigenvalue weighted by molar-refractivity contribution is 7.13. The molecular weight excluding hydrogens is 274 g/mol. The fourth-order valence-electron chi connectivity index (χ4n) is 1.63. The molecule has 0 spiro atoms. The van der Waals surface area contributed by atoms with Crippen LogP contribution < -0.4 is 15.4 Å². The lowest BCUT2D eigenvalue weighted by Crippen LogP contribution is -2.31. The average Bonchev–Trinajstić information content (AvgIpc) is 2.94. The van der Waals surface area contributed by atoms with Gasteiger partial charge in [0.2, 0.25) is 5.91 Å². The van der Waals surface area contributed by atoms with Crippen molar-refractivity contribution in [3.05, 3.63) is 35.8 Å². The Morgan fingerprint density at radius 3 is 2.75 bits per heavy atom. The Morgan fingerprint density at radius 1 is 1.40 bits per heavy atom. The van der Waals surface area contributed by atoms with Crippen LogP contribution in [0.25, 0.3) is 0 Å². The number of benzene rings is 1. The molecule has 1 aromatic heterocycles. The van der Waals surface area contributed by atoms with Gasteiger partial charge in [-0.1, -0.05) is 0 Å². The molecule has 0 radical (unpaired) electrons. The Labute approximate surface area is 122 Å². The number of rotatable bonds is 6. The highest BCUT2D eigenvalue weighted by atomic mass is 32.1. The van der Waals surface area contributed by atoms with E-state index < -0.39 is 0 Å². The Hall–Kier alpha value is -2.08. The second kappa shape index (κ2) is 6.91. The summed E-state index contributed by atoms with van der Waals surface area (Å²) in [5, 5.41) is 8.31. The predicted molar refractivity (Wildman–Crippen MR) is 81.4 cm³/mol. The number of nitrogens with zero attached hydrogens (tertiary/aromatic N) is 1. The van der Waals surface area contributed by atoms with Crippen LogP contribution in [0.3, 0.4) is 0 Å². The molecular formula is C14H17N3O2S. The van der Waals surface area contributed by atoms with E-state index >= 15 is 0 Å². The fraction of sp³-hybridized carbons (Fsp3) is 0.286. The lowest BCUT2D eigenvalue weighted by atomic mass is 10.2. The van der Waals surface area contributed by atoms with Gasteiger partial charge in [0, 0.05) is 17.3 Å². The van der Waals surface area contributed by atoms with E-state index in [-0.39, 0.29) is 11.9 Å². The summed E-state index contributed by atoms with van der Waals surface area (Å²) >= 11 is 1.40. The first-order valence-corrected chi connectivity index (χ1v) is 7.26. The molecule has 6 heteroatoms. The standard InChI is InChI=1S/C14H17N3O2S/c1-3-19-12-6-4-11(5-7-12)16-10(2)13(18)17-14-15-8-9-20-14/h4-10,16H,3H2,1-2H3,(H,15,17,18)/t10-/m0/s1. The molecule has 2 rings (SSSR count). The molecule has 106 valence electrons. The van der Waals surface area contributed by atoms with Gasteiger partial charge in [-0.15, -0.1) is 11.3 Å². The molecule has 0 unspecified atom stereocenters. The van der Waals surface area contributed by atoms with Crippen LogP contribution in [0.15, 0.2) is 35.8 Å². The van der Waals surface area contributed by atoms with Gasteiger partial charge in [0.15, 0.2) is 5.13 Å². The van der Waals surface area contributed by atoms with Gasteiger partial charge >= 0.3 is 0 Å². The van der Waals surface area contributed by atoms with Crippen LogP contribution in [0.4, 0.5) is 10.8 Å². The lowest BCUT2D eigenvalue weighted by molar-refractivity contribution is -0.116. The summed E-state index contributed by atoms with van der Waals surface area (Å²) in [5.74, 6) is 0.701. The second-order valence-electron chi connectivity index (χ2n) is 4.15. The van der Waals surface area contributed by atoms with Crippen molar-refractivity contribution in [2.45, 2.75) is 19.9 Å². The summed E-state index contributed by atoms with van der Waals surface area (Å²) in [6.45, 7) is 4.38. The van der Waals surface area contributed by atoms with Gasteiger partial charge in [0.1, 0.15) is 11.8 Å². The fourth-order valence-corrected chi connectivity index (χ4v) is 2.16. The molecule has 2 N–H and O–H groups in total. The minimum atomic E-state index is -0.350. The first-order valence-electron chi connectivity index (χ1n) is 6.39. The molecule has 0 aliphatic rings. The summed E-state index contributed by atoms with van der Waals surface area (Å²) in [6.07, 6.45) is 1.66. The van der Waals surface area contributed by atoms with E-state index in [4.69, 9.17) is 4.74 Å². The van der Waals surface area contributed by atoms with Gasteiger partial charge in [-0.05, 0) is 38.1 Å². The molecule has 0 saturated carbocycles. The lowest BCUT2D eigenvalue weighted by Gasteiger charge is -2.14.